The maximum absolute atomic E-state index is 12.6. The van der Waals surface area contributed by atoms with E-state index in [1.54, 1.807) is 0 Å². The van der Waals surface area contributed by atoms with Crippen LogP contribution < -0.4 is 0 Å². The van der Waals surface area contributed by atoms with Crippen LogP contribution in [0.5, 0.6) is 5.75 Å². The minimum Gasteiger partial charge on any atom is -0.497 e. The van der Waals surface area contributed by atoms with E-state index in [-0.39, 0.29) is 6.07 Å². The number of hydrogen-bond acceptors (Lipinski definition) is 7. The van der Waals surface area contributed by atoms with E-state index in [1.165, 1.54) is 0 Å². The Morgan fingerprint density at radius 3 is 1.70 bits per heavy atom. The van der Waals surface area contributed by atoms with Crippen molar-refractivity contribution in [2.45, 2.75) is 6.18 Å². The number of halogens is 3. The van der Waals surface area contributed by atoms with Crippen LogP contribution in [0.25, 0.3) is 0 Å². The first-order valence-corrected chi connectivity index (χ1v) is 4.38. The fourth-order valence-electron chi connectivity index (χ4n) is 1.35. The zero-order valence-corrected chi connectivity index (χ0v) is 8.95. The zero-order valence-electron chi connectivity index (χ0n) is 8.95. The number of alkyl halides is 3. The van der Waals surface area contributed by atoms with E-state index >= 15 is 0 Å². The van der Waals surface area contributed by atoms with Crippen molar-refractivity contribution in [1.82, 2.24) is 0 Å². The van der Waals surface area contributed by atoms with Crippen LogP contribution in [0.15, 0.2) is 6.07 Å². The Labute approximate surface area is 105 Å². The molecule has 0 aromatic heterocycles. The summed E-state index contributed by atoms with van der Waals surface area (Å²) in [6.07, 6.45) is -5.42. The molecule has 0 radical (unpaired) electrons. The largest absolute Gasteiger partial charge is 0.497 e. The lowest BCUT2D eigenvalue weighted by Gasteiger charge is -2.08. The molecule has 0 unspecified atom stereocenters. The fraction of sp³-hybridized carbons (Fsp3) is 0.143. The Balaban J connectivity index is 3.95. The van der Waals surface area contributed by atoms with Gasteiger partial charge in [-0.3, -0.25) is 30.3 Å². The lowest BCUT2D eigenvalue weighted by atomic mass is 10.1. The van der Waals surface area contributed by atoms with Gasteiger partial charge in [0, 0.05) is 6.07 Å². The van der Waals surface area contributed by atoms with Crippen LogP contribution in [0.2, 0.25) is 0 Å². The highest BCUT2D eigenvalue weighted by atomic mass is 19.4. The number of nitro groups is 3. The summed E-state index contributed by atoms with van der Waals surface area (Å²) >= 11 is 0. The highest BCUT2D eigenvalue weighted by Crippen LogP contribution is 2.49. The van der Waals surface area contributed by atoms with Crippen LogP contribution in [-0.4, -0.2) is 19.9 Å². The molecular weight excluding hydrogens is 295 g/mol. The van der Waals surface area contributed by atoms with Gasteiger partial charge in [0.15, 0.2) is 0 Å². The Morgan fingerprint density at radius 2 is 1.40 bits per heavy atom. The van der Waals surface area contributed by atoms with Crippen LogP contribution in [0.1, 0.15) is 5.56 Å². The summed E-state index contributed by atoms with van der Waals surface area (Å²) in [4.78, 5) is 26.7. The second-order valence-electron chi connectivity index (χ2n) is 3.26. The summed E-state index contributed by atoms with van der Waals surface area (Å²) in [5, 5.41) is 40.7. The third-order valence-corrected chi connectivity index (χ3v) is 2.09. The van der Waals surface area contributed by atoms with E-state index in [4.69, 9.17) is 0 Å². The van der Waals surface area contributed by atoms with Gasteiger partial charge in [0.2, 0.25) is 0 Å². The number of phenols is 1. The van der Waals surface area contributed by atoms with Crippen molar-refractivity contribution in [1.29, 1.82) is 0 Å². The maximum atomic E-state index is 12.6. The smallest absolute Gasteiger partial charge is 0.423 e. The first kappa shape index (κ1) is 15.1. The molecule has 0 amide bonds. The topological polar surface area (TPSA) is 150 Å². The Hall–Kier alpha value is -2.99. The average molecular weight is 297 g/mol. The molecule has 1 aromatic carbocycles. The molecule has 0 saturated heterocycles. The molecule has 13 heteroatoms. The van der Waals surface area contributed by atoms with E-state index in [9.17, 15) is 48.6 Å². The Kier molecular flexibility index (Phi) is 3.46. The highest BCUT2D eigenvalue weighted by molar-refractivity contribution is 5.73. The number of nitro benzene ring substituents is 3. The van der Waals surface area contributed by atoms with E-state index in [0.29, 0.717) is 0 Å². The first-order chi connectivity index (χ1) is 8.98. The molecule has 0 aliphatic carbocycles. The Morgan fingerprint density at radius 1 is 0.950 bits per heavy atom. The van der Waals surface area contributed by atoms with Gasteiger partial charge in [-0.1, -0.05) is 0 Å². The summed E-state index contributed by atoms with van der Waals surface area (Å²) < 4.78 is 37.7. The summed E-state index contributed by atoms with van der Waals surface area (Å²) in [5.74, 6) is -2.03. The highest BCUT2D eigenvalue weighted by Gasteiger charge is 2.47. The summed E-state index contributed by atoms with van der Waals surface area (Å²) in [6.45, 7) is 0. The predicted molar refractivity (Wildman–Crippen MR) is 53.1 cm³/mol. The first-order valence-electron chi connectivity index (χ1n) is 4.38. The number of aromatic hydroxyl groups is 1. The molecule has 0 aliphatic heterocycles. The van der Waals surface area contributed by atoms with E-state index in [1.807, 2.05) is 0 Å². The van der Waals surface area contributed by atoms with E-state index in [0.717, 1.165) is 0 Å². The van der Waals surface area contributed by atoms with Crippen LogP contribution >= 0.6 is 0 Å². The molecule has 0 bridgehead atoms. The van der Waals surface area contributed by atoms with Gasteiger partial charge in [-0.05, 0) is 0 Å². The summed E-state index contributed by atoms with van der Waals surface area (Å²) in [7, 11) is 0. The quantitative estimate of drug-likeness (QED) is 0.662. The van der Waals surface area contributed by atoms with Gasteiger partial charge in [-0.2, -0.15) is 13.2 Å². The normalized spacial score (nSPS) is 11.2. The van der Waals surface area contributed by atoms with Crippen molar-refractivity contribution in [2.75, 3.05) is 0 Å². The zero-order chi connectivity index (χ0) is 15.8. The van der Waals surface area contributed by atoms with Gasteiger partial charge in [-0.15, -0.1) is 0 Å². The van der Waals surface area contributed by atoms with Gasteiger partial charge in [0.25, 0.3) is 5.75 Å². The minimum absolute atomic E-state index is 0.365. The van der Waals surface area contributed by atoms with Crippen molar-refractivity contribution in [3.05, 3.63) is 42.0 Å². The molecule has 20 heavy (non-hydrogen) atoms. The average Bonchev–Trinajstić information content (AvgIpc) is 2.24. The minimum atomic E-state index is -5.42. The molecule has 0 spiro atoms. The molecular formula is C7H2F3N3O7. The molecule has 1 N–H and O–H groups in total. The lowest BCUT2D eigenvalue weighted by molar-refractivity contribution is -0.425. The van der Waals surface area contributed by atoms with E-state index < -0.39 is 49.3 Å². The van der Waals surface area contributed by atoms with Crippen LogP contribution in [-0.2, 0) is 6.18 Å². The number of benzene rings is 1. The van der Waals surface area contributed by atoms with E-state index in [2.05, 4.69) is 0 Å². The molecule has 10 nitrogen and oxygen atoms in total. The Bertz CT molecular complexity index is 627. The van der Waals surface area contributed by atoms with Gasteiger partial charge in [-0.25, -0.2) is 0 Å². The molecule has 1 rings (SSSR count). The number of phenolic OH excluding ortho intramolecular Hbond substituents is 1. The maximum Gasteiger partial charge on any atom is 0.423 e. The molecule has 1 aromatic rings. The van der Waals surface area contributed by atoms with Gasteiger partial charge >= 0.3 is 23.2 Å². The summed E-state index contributed by atoms with van der Waals surface area (Å²) in [6, 6.07) is -0.365. The van der Waals surface area contributed by atoms with Crippen molar-refractivity contribution in [2.24, 2.45) is 0 Å². The number of nitrogens with zero attached hydrogens (tertiary/aromatic N) is 3. The predicted octanol–water partition coefficient (Wildman–Crippen LogP) is 2.14. The number of rotatable bonds is 3. The molecule has 0 saturated carbocycles. The standard InChI is InChI=1S/C7H2F3N3O7/c8-7(9,10)2-1-3(11(15)16)5(13(19)20)6(14)4(2)12(17)18/h1,14H. The second-order valence-corrected chi connectivity index (χ2v) is 3.26. The molecule has 0 aliphatic rings. The van der Waals surface area contributed by atoms with Crippen molar-refractivity contribution >= 4 is 17.1 Å². The van der Waals surface area contributed by atoms with Crippen LogP contribution in [0.4, 0.5) is 30.2 Å². The fourth-order valence-corrected chi connectivity index (χ4v) is 1.35. The number of hydrogen-bond donors (Lipinski definition) is 1. The van der Waals surface area contributed by atoms with Gasteiger partial charge < -0.3 is 5.11 Å². The van der Waals surface area contributed by atoms with Crippen LogP contribution in [0, 0.1) is 30.3 Å². The molecule has 0 fully saturated rings. The van der Waals surface area contributed by atoms with Crippen molar-refractivity contribution in [3.63, 3.8) is 0 Å². The monoisotopic (exact) mass is 297 g/mol. The third-order valence-electron chi connectivity index (χ3n) is 2.09. The lowest BCUT2D eigenvalue weighted by Crippen LogP contribution is -2.11. The van der Waals surface area contributed by atoms with Crippen molar-refractivity contribution < 1.29 is 33.0 Å². The molecule has 0 atom stereocenters. The van der Waals surface area contributed by atoms with Crippen LogP contribution in [0.3, 0.4) is 0 Å². The molecule has 108 valence electrons. The van der Waals surface area contributed by atoms with Gasteiger partial charge in [0.1, 0.15) is 5.56 Å². The third kappa shape index (κ3) is 2.40. The summed E-state index contributed by atoms with van der Waals surface area (Å²) in [5.41, 5.74) is -7.66. The SMILES string of the molecule is O=[N+]([O-])c1cc(C(F)(F)F)c([N+](=O)[O-])c(O)c1[N+](=O)[O-]. The molecule has 0 heterocycles. The van der Waals surface area contributed by atoms with Gasteiger partial charge in [0.05, 0.1) is 14.8 Å². The van der Waals surface area contributed by atoms with Crippen molar-refractivity contribution in [3.8, 4) is 5.75 Å². The second kappa shape index (κ2) is 4.60.